The molecule has 0 bridgehead atoms. The van der Waals surface area contributed by atoms with Crippen LogP contribution in [0.5, 0.6) is 0 Å². The molecule has 2 fully saturated rings. The van der Waals surface area contributed by atoms with E-state index in [1.807, 2.05) is 13.2 Å². The van der Waals surface area contributed by atoms with Crippen LogP contribution in [0.3, 0.4) is 0 Å². The van der Waals surface area contributed by atoms with Gasteiger partial charge in [0, 0.05) is 52.2 Å². The molecular formula is C23H34N6O. The molecule has 7 heteroatoms. The van der Waals surface area contributed by atoms with E-state index in [9.17, 15) is 0 Å². The topological polar surface area (TPSA) is 57.9 Å². The molecular weight excluding hydrogens is 376 g/mol. The van der Waals surface area contributed by atoms with Gasteiger partial charge in [0.15, 0.2) is 5.96 Å². The van der Waals surface area contributed by atoms with Crippen molar-refractivity contribution in [2.45, 2.75) is 45.6 Å². The van der Waals surface area contributed by atoms with Crippen LogP contribution < -0.4 is 5.32 Å². The van der Waals surface area contributed by atoms with Crippen molar-refractivity contribution >= 4 is 5.96 Å². The maximum absolute atomic E-state index is 6.13. The molecule has 1 aromatic heterocycles. The van der Waals surface area contributed by atoms with E-state index in [1.165, 1.54) is 5.56 Å². The highest BCUT2D eigenvalue weighted by molar-refractivity contribution is 5.80. The zero-order valence-corrected chi connectivity index (χ0v) is 18.4. The summed E-state index contributed by atoms with van der Waals surface area (Å²) in [7, 11) is 1.85. The zero-order chi connectivity index (χ0) is 20.9. The summed E-state index contributed by atoms with van der Waals surface area (Å²) in [4.78, 5) is 14.0. The van der Waals surface area contributed by atoms with Gasteiger partial charge in [0.25, 0.3) is 0 Å². The summed E-state index contributed by atoms with van der Waals surface area (Å²) in [5.41, 5.74) is 1.36. The number of ether oxygens (including phenoxy) is 1. The van der Waals surface area contributed by atoms with E-state index in [0.717, 1.165) is 51.1 Å². The first-order valence-corrected chi connectivity index (χ1v) is 11.0. The fourth-order valence-corrected chi connectivity index (χ4v) is 4.50. The molecule has 2 aliphatic heterocycles. The standard InChI is InChI=1S/C23H34N6O/c1-18(2)14-28-10-9-25-22(28)13-26-23(24-3)29-16-20-21(17-29)30-12-11-27(20)15-19-7-5-4-6-8-19/h4-10,18,20-21H,11-17H2,1-3H3,(H,24,26). The molecule has 0 amide bonds. The molecule has 0 saturated carbocycles. The number of aromatic nitrogens is 2. The Bertz CT molecular complexity index is 833. The van der Waals surface area contributed by atoms with Crippen molar-refractivity contribution < 1.29 is 4.74 Å². The Morgan fingerprint density at radius 3 is 2.87 bits per heavy atom. The number of nitrogens with zero attached hydrogens (tertiary/aromatic N) is 5. The minimum Gasteiger partial charge on any atom is -0.373 e. The van der Waals surface area contributed by atoms with Crippen LogP contribution in [0.1, 0.15) is 25.2 Å². The van der Waals surface area contributed by atoms with Crippen molar-refractivity contribution in [2.24, 2.45) is 10.9 Å². The van der Waals surface area contributed by atoms with Gasteiger partial charge in [0.1, 0.15) is 5.82 Å². The Balaban J connectivity index is 1.37. The van der Waals surface area contributed by atoms with Crippen molar-refractivity contribution in [3.05, 3.63) is 54.1 Å². The van der Waals surface area contributed by atoms with Gasteiger partial charge in [-0.25, -0.2) is 4.98 Å². The van der Waals surface area contributed by atoms with E-state index in [1.54, 1.807) is 0 Å². The molecule has 0 spiro atoms. The van der Waals surface area contributed by atoms with E-state index in [0.29, 0.717) is 18.5 Å². The van der Waals surface area contributed by atoms with E-state index in [4.69, 9.17) is 4.74 Å². The number of hydrogen-bond donors (Lipinski definition) is 1. The Hall–Kier alpha value is -2.38. The number of benzene rings is 1. The van der Waals surface area contributed by atoms with E-state index >= 15 is 0 Å². The fraction of sp³-hybridized carbons (Fsp3) is 0.565. The molecule has 4 rings (SSSR count). The number of morpholine rings is 1. The van der Waals surface area contributed by atoms with Crippen LogP contribution in [-0.4, -0.2) is 70.7 Å². The van der Waals surface area contributed by atoms with Crippen LogP contribution in [0.2, 0.25) is 0 Å². The van der Waals surface area contributed by atoms with Crippen molar-refractivity contribution in [3.63, 3.8) is 0 Å². The highest BCUT2D eigenvalue weighted by Gasteiger charge is 2.41. The Labute approximate surface area is 179 Å². The molecule has 2 atom stereocenters. The van der Waals surface area contributed by atoms with E-state index in [-0.39, 0.29) is 6.10 Å². The molecule has 2 aromatic rings. The lowest BCUT2D eigenvalue weighted by atomic mass is 10.1. The van der Waals surface area contributed by atoms with Gasteiger partial charge < -0.3 is 19.5 Å². The molecule has 7 nitrogen and oxygen atoms in total. The number of rotatable bonds is 6. The Kier molecular flexibility index (Phi) is 6.69. The van der Waals surface area contributed by atoms with E-state index in [2.05, 4.69) is 80.0 Å². The van der Waals surface area contributed by atoms with Crippen LogP contribution >= 0.6 is 0 Å². The van der Waals surface area contributed by atoms with Gasteiger partial charge in [-0.3, -0.25) is 9.89 Å². The summed E-state index contributed by atoms with van der Waals surface area (Å²) in [6.45, 7) is 10.6. The number of nitrogens with one attached hydrogen (secondary N) is 1. The maximum atomic E-state index is 6.13. The number of fused-ring (bicyclic) bond motifs is 1. The molecule has 2 saturated heterocycles. The minimum absolute atomic E-state index is 0.226. The van der Waals surface area contributed by atoms with Crippen LogP contribution in [-0.2, 0) is 24.4 Å². The summed E-state index contributed by atoms with van der Waals surface area (Å²) in [5.74, 6) is 2.56. The molecule has 1 aromatic carbocycles. The summed E-state index contributed by atoms with van der Waals surface area (Å²) >= 11 is 0. The van der Waals surface area contributed by atoms with Gasteiger partial charge in [-0.2, -0.15) is 0 Å². The van der Waals surface area contributed by atoms with Crippen molar-refractivity contribution in [1.82, 2.24) is 24.7 Å². The Morgan fingerprint density at radius 2 is 2.10 bits per heavy atom. The molecule has 30 heavy (non-hydrogen) atoms. The van der Waals surface area contributed by atoms with Gasteiger partial charge in [-0.15, -0.1) is 0 Å². The van der Waals surface area contributed by atoms with Crippen molar-refractivity contribution in [2.75, 3.05) is 33.3 Å². The average Bonchev–Trinajstić information content (AvgIpc) is 3.36. The lowest BCUT2D eigenvalue weighted by Crippen LogP contribution is -2.50. The van der Waals surface area contributed by atoms with Gasteiger partial charge in [-0.05, 0) is 11.5 Å². The van der Waals surface area contributed by atoms with Gasteiger partial charge in [0.2, 0.25) is 0 Å². The molecule has 2 unspecified atom stereocenters. The molecule has 3 heterocycles. The fourth-order valence-electron chi connectivity index (χ4n) is 4.50. The largest absolute Gasteiger partial charge is 0.373 e. The second kappa shape index (κ2) is 9.62. The first-order chi connectivity index (χ1) is 14.6. The zero-order valence-electron chi connectivity index (χ0n) is 18.4. The second-order valence-electron chi connectivity index (χ2n) is 8.63. The predicted octanol–water partition coefficient (Wildman–Crippen LogP) is 2.20. The first kappa shape index (κ1) is 20.9. The highest BCUT2D eigenvalue weighted by Crippen LogP contribution is 2.24. The maximum Gasteiger partial charge on any atom is 0.194 e. The number of likely N-dealkylation sites (tertiary alicyclic amines) is 1. The third-order valence-corrected chi connectivity index (χ3v) is 5.92. The summed E-state index contributed by atoms with van der Waals surface area (Å²) < 4.78 is 8.35. The normalized spacial score (nSPS) is 22.5. The van der Waals surface area contributed by atoms with Crippen LogP contribution in [0.4, 0.5) is 0 Å². The lowest BCUT2D eigenvalue weighted by Gasteiger charge is -2.36. The third kappa shape index (κ3) is 4.84. The smallest absolute Gasteiger partial charge is 0.194 e. The van der Waals surface area contributed by atoms with Gasteiger partial charge in [-0.1, -0.05) is 44.2 Å². The van der Waals surface area contributed by atoms with Gasteiger partial charge in [0.05, 0.1) is 25.3 Å². The highest BCUT2D eigenvalue weighted by atomic mass is 16.5. The number of imidazole rings is 1. The molecule has 0 aliphatic carbocycles. The van der Waals surface area contributed by atoms with Crippen molar-refractivity contribution in [1.29, 1.82) is 0 Å². The minimum atomic E-state index is 0.226. The number of aliphatic imine (C=N–C) groups is 1. The number of guanidine groups is 1. The molecule has 2 aliphatic rings. The van der Waals surface area contributed by atoms with E-state index < -0.39 is 0 Å². The predicted molar refractivity (Wildman–Crippen MR) is 119 cm³/mol. The SMILES string of the molecule is CN=C(NCc1nccn1CC(C)C)N1CC2OCCN(Cc3ccccc3)C2C1. The van der Waals surface area contributed by atoms with Crippen LogP contribution in [0.15, 0.2) is 47.7 Å². The quantitative estimate of drug-likeness (QED) is 0.584. The monoisotopic (exact) mass is 410 g/mol. The van der Waals surface area contributed by atoms with Crippen LogP contribution in [0, 0.1) is 5.92 Å². The molecule has 1 N–H and O–H groups in total. The molecule has 162 valence electrons. The summed E-state index contributed by atoms with van der Waals surface area (Å²) in [6, 6.07) is 11.1. The first-order valence-electron chi connectivity index (χ1n) is 11.0. The third-order valence-electron chi connectivity index (χ3n) is 5.92. The molecule has 0 radical (unpaired) electrons. The van der Waals surface area contributed by atoms with Gasteiger partial charge >= 0.3 is 0 Å². The second-order valence-corrected chi connectivity index (χ2v) is 8.63. The lowest BCUT2D eigenvalue weighted by molar-refractivity contribution is -0.0502. The average molecular weight is 411 g/mol. The number of hydrogen-bond acceptors (Lipinski definition) is 4. The Morgan fingerprint density at radius 1 is 1.27 bits per heavy atom. The van der Waals surface area contributed by atoms with Crippen molar-refractivity contribution in [3.8, 4) is 0 Å². The summed E-state index contributed by atoms with van der Waals surface area (Å²) in [6.07, 6.45) is 4.16. The van der Waals surface area contributed by atoms with Crippen LogP contribution in [0.25, 0.3) is 0 Å². The summed E-state index contributed by atoms with van der Waals surface area (Å²) in [5, 5.41) is 3.52.